The van der Waals surface area contributed by atoms with Gasteiger partial charge in [-0.1, -0.05) is 25.1 Å². The van der Waals surface area contributed by atoms with Crippen LogP contribution in [-0.2, 0) is 16.0 Å². The van der Waals surface area contributed by atoms with E-state index in [-0.39, 0.29) is 18.2 Å². The average Bonchev–Trinajstić information content (AvgIpc) is 2.41. The van der Waals surface area contributed by atoms with E-state index in [4.69, 9.17) is 0 Å². The molecular formula is C14H16N2O3. The summed E-state index contributed by atoms with van der Waals surface area (Å²) < 4.78 is 0. The van der Waals surface area contributed by atoms with Gasteiger partial charge in [-0.15, -0.1) is 0 Å². The first-order valence-electron chi connectivity index (χ1n) is 6.34. The quantitative estimate of drug-likeness (QED) is 0.789. The highest BCUT2D eigenvalue weighted by molar-refractivity contribution is 6.04. The standard InChI is InChI=1S/C14H16N2O3/c1-2-9-5-3-4-6-10(9)13(18)15-11-7-8-12(17)16-14(11)19/h3-6,11H,2,7-8H2,1H3,(H,15,18)(H,16,17,19). The number of carbonyl (C=O) groups excluding carboxylic acids is 3. The predicted octanol–water partition coefficient (Wildman–Crippen LogP) is 0.784. The van der Waals surface area contributed by atoms with Crippen LogP contribution in [0.2, 0.25) is 0 Å². The van der Waals surface area contributed by atoms with E-state index < -0.39 is 11.9 Å². The molecule has 1 saturated heterocycles. The summed E-state index contributed by atoms with van der Waals surface area (Å²) in [6.07, 6.45) is 1.36. The molecule has 0 bridgehead atoms. The minimum Gasteiger partial charge on any atom is -0.340 e. The van der Waals surface area contributed by atoms with E-state index in [0.29, 0.717) is 12.0 Å². The van der Waals surface area contributed by atoms with Gasteiger partial charge in [-0.3, -0.25) is 19.7 Å². The minimum atomic E-state index is -0.630. The predicted molar refractivity (Wildman–Crippen MR) is 69.5 cm³/mol. The Labute approximate surface area is 111 Å². The van der Waals surface area contributed by atoms with Crippen molar-refractivity contribution < 1.29 is 14.4 Å². The molecule has 1 aliphatic heterocycles. The molecule has 5 heteroatoms. The molecule has 2 rings (SSSR count). The molecule has 1 atom stereocenters. The molecule has 1 aliphatic rings. The van der Waals surface area contributed by atoms with E-state index in [1.807, 2.05) is 19.1 Å². The molecule has 0 spiro atoms. The van der Waals surface area contributed by atoms with Gasteiger partial charge >= 0.3 is 0 Å². The zero-order valence-electron chi connectivity index (χ0n) is 10.7. The van der Waals surface area contributed by atoms with Crippen LogP contribution in [0.5, 0.6) is 0 Å². The molecule has 1 heterocycles. The van der Waals surface area contributed by atoms with Crippen LogP contribution in [0.3, 0.4) is 0 Å². The second kappa shape index (κ2) is 5.65. The lowest BCUT2D eigenvalue weighted by Crippen LogP contribution is -2.52. The molecule has 0 saturated carbocycles. The summed E-state index contributed by atoms with van der Waals surface area (Å²) in [7, 11) is 0. The van der Waals surface area contributed by atoms with Gasteiger partial charge in [0, 0.05) is 12.0 Å². The number of amides is 3. The summed E-state index contributed by atoms with van der Waals surface area (Å²) in [5, 5.41) is 4.90. The Morgan fingerprint density at radius 2 is 2.11 bits per heavy atom. The van der Waals surface area contributed by atoms with Gasteiger partial charge in [0.2, 0.25) is 11.8 Å². The monoisotopic (exact) mass is 260 g/mol. The summed E-state index contributed by atoms with van der Waals surface area (Å²) in [6, 6.07) is 6.66. The maximum absolute atomic E-state index is 12.1. The lowest BCUT2D eigenvalue weighted by Gasteiger charge is -2.22. The summed E-state index contributed by atoms with van der Waals surface area (Å²) >= 11 is 0. The fourth-order valence-corrected chi connectivity index (χ4v) is 2.12. The second-order valence-electron chi connectivity index (χ2n) is 4.49. The Bertz CT molecular complexity index is 525. The number of imide groups is 1. The Hall–Kier alpha value is -2.17. The summed E-state index contributed by atoms with van der Waals surface area (Å²) in [5.41, 5.74) is 1.52. The third-order valence-electron chi connectivity index (χ3n) is 3.19. The van der Waals surface area contributed by atoms with Crippen molar-refractivity contribution >= 4 is 17.7 Å². The van der Waals surface area contributed by atoms with Crippen LogP contribution >= 0.6 is 0 Å². The zero-order valence-corrected chi connectivity index (χ0v) is 10.7. The first kappa shape index (κ1) is 13.3. The van der Waals surface area contributed by atoms with E-state index in [2.05, 4.69) is 10.6 Å². The molecule has 1 unspecified atom stereocenters. The van der Waals surface area contributed by atoms with Crippen LogP contribution in [0.15, 0.2) is 24.3 Å². The zero-order chi connectivity index (χ0) is 13.8. The first-order valence-corrected chi connectivity index (χ1v) is 6.34. The third kappa shape index (κ3) is 2.99. The Kier molecular flexibility index (Phi) is 3.94. The average molecular weight is 260 g/mol. The maximum Gasteiger partial charge on any atom is 0.252 e. The van der Waals surface area contributed by atoms with Crippen molar-refractivity contribution in [2.45, 2.75) is 32.2 Å². The van der Waals surface area contributed by atoms with E-state index >= 15 is 0 Å². The molecule has 0 aromatic heterocycles. The van der Waals surface area contributed by atoms with Crippen molar-refractivity contribution in [3.8, 4) is 0 Å². The lowest BCUT2D eigenvalue weighted by atomic mass is 10.0. The molecule has 0 aliphatic carbocycles. The van der Waals surface area contributed by atoms with Crippen molar-refractivity contribution in [2.75, 3.05) is 0 Å². The number of benzene rings is 1. The normalized spacial score (nSPS) is 18.9. The lowest BCUT2D eigenvalue weighted by molar-refractivity contribution is -0.134. The Morgan fingerprint density at radius 1 is 1.37 bits per heavy atom. The molecular weight excluding hydrogens is 244 g/mol. The van der Waals surface area contributed by atoms with Gasteiger partial charge in [-0.2, -0.15) is 0 Å². The molecule has 100 valence electrons. The van der Waals surface area contributed by atoms with Gasteiger partial charge in [0.1, 0.15) is 6.04 Å². The number of hydrogen-bond donors (Lipinski definition) is 2. The van der Waals surface area contributed by atoms with Crippen LogP contribution in [0.4, 0.5) is 0 Å². The van der Waals surface area contributed by atoms with E-state index in [1.165, 1.54) is 0 Å². The van der Waals surface area contributed by atoms with Gasteiger partial charge in [0.05, 0.1) is 0 Å². The highest BCUT2D eigenvalue weighted by Crippen LogP contribution is 2.11. The van der Waals surface area contributed by atoms with E-state index in [9.17, 15) is 14.4 Å². The largest absolute Gasteiger partial charge is 0.340 e. The van der Waals surface area contributed by atoms with Crippen molar-refractivity contribution in [3.63, 3.8) is 0 Å². The van der Waals surface area contributed by atoms with Gasteiger partial charge in [-0.05, 0) is 24.5 Å². The number of carbonyl (C=O) groups is 3. The second-order valence-corrected chi connectivity index (χ2v) is 4.49. The maximum atomic E-state index is 12.1. The molecule has 1 aromatic rings. The molecule has 19 heavy (non-hydrogen) atoms. The third-order valence-corrected chi connectivity index (χ3v) is 3.19. The SMILES string of the molecule is CCc1ccccc1C(=O)NC1CCC(=O)NC1=O. The fourth-order valence-electron chi connectivity index (χ4n) is 2.12. The number of nitrogens with one attached hydrogen (secondary N) is 2. The topological polar surface area (TPSA) is 75.3 Å². The van der Waals surface area contributed by atoms with Crippen LogP contribution in [0.1, 0.15) is 35.7 Å². The van der Waals surface area contributed by atoms with Crippen molar-refractivity contribution in [1.82, 2.24) is 10.6 Å². The molecule has 3 amide bonds. The highest BCUT2D eigenvalue weighted by Gasteiger charge is 2.28. The van der Waals surface area contributed by atoms with Gasteiger partial charge < -0.3 is 5.32 Å². The molecule has 1 fully saturated rings. The van der Waals surface area contributed by atoms with Gasteiger partial charge in [-0.25, -0.2) is 0 Å². The number of aryl methyl sites for hydroxylation is 1. The van der Waals surface area contributed by atoms with Crippen molar-refractivity contribution in [3.05, 3.63) is 35.4 Å². The Balaban J connectivity index is 2.09. The molecule has 2 N–H and O–H groups in total. The highest BCUT2D eigenvalue weighted by atomic mass is 16.2. The smallest absolute Gasteiger partial charge is 0.252 e. The van der Waals surface area contributed by atoms with Crippen molar-refractivity contribution in [2.24, 2.45) is 0 Å². The summed E-state index contributed by atoms with van der Waals surface area (Å²) in [5.74, 6) is -0.991. The van der Waals surface area contributed by atoms with Crippen LogP contribution in [0, 0.1) is 0 Å². The van der Waals surface area contributed by atoms with Crippen LogP contribution < -0.4 is 10.6 Å². The molecule has 0 radical (unpaired) electrons. The van der Waals surface area contributed by atoms with Crippen LogP contribution in [-0.4, -0.2) is 23.8 Å². The van der Waals surface area contributed by atoms with Gasteiger partial charge in [0.15, 0.2) is 0 Å². The number of rotatable bonds is 3. The van der Waals surface area contributed by atoms with E-state index in [1.54, 1.807) is 12.1 Å². The first-order chi connectivity index (χ1) is 9.11. The summed E-state index contributed by atoms with van der Waals surface area (Å²) in [4.78, 5) is 34.8. The molecule has 5 nitrogen and oxygen atoms in total. The fraction of sp³-hybridized carbons (Fsp3) is 0.357. The van der Waals surface area contributed by atoms with Crippen molar-refractivity contribution in [1.29, 1.82) is 0 Å². The Morgan fingerprint density at radius 3 is 2.79 bits per heavy atom. The molecule has 1 aromatic carbocycles. The van der Waals surface area contributed by atoms with Crippen LogP contribution in [0.25, 0.3) is 0 Å². The number of piperidine rings is 1. The number of hydrogen-bond acceptors (Lipinski definition) is 3. The van der Waals surface area contributed by atoms with E-state index in [0.717, 1.165) is 12.0 Å². The minimum absolute atomic E-state index is 0.256. The van der Waals surface area contributed by atoms with Gasteiger partial charge in [0.25, 0.3) is 5.91 Å². The summed E-state index contributed by atoms with van der Waals surface area (Å²) in [6.45, 7) is 1.97.